The molecule has 3 aromatic heterocycles. The Morgan fingerprint density at radius 3 is 2.22 bits per heavy atom. The number of para-hydroxylation sites is 4. The zero-order valence-corrected chi connectivity index (χ0v) is 29.8. The molecule has 0 fully saturated rings. The maximum atomic E-state index is 8.29. The lowest BCUT2D eigenvalue weighted by atomic mass is 9.86. The molecule has 0 atom stereocenters. The van der Waals surface area contributed by atoms with Gasteiger partial charge in [0.25, 0.3) is 0 Å². The third-order valence-corrected chi connectivity index (χ3v) is 10.1. The number of pyridine rings is 1. The summed E-state index contributed by atoms with van der Waals surface area (Å²) in [7, 11) is 0. The molecule has 6 nitrogen and oxygen atoms in total. The van der Waals surface area contributed by atoms with Gasteiger partial charge in [-0.15, -0.1) is 0 Å². The minimum Gasteiger partial charge on any atom is -0.456 e. The van der Waals surface area contributed by atoms with E-state index in [4.69, 9.17) is 18.3 Å². The number of fused-ring (bicyclic) bond motifs is 8. The van der Waals surface area contributed by atoms with E-state index in [1.807, 2.05) is 54.7 Å². The van der Waals surface area contributed by atoms with Gasteiger partial charge < -0.3 is 19.0 Å². The van der Waals surface area contributed by atoms with Gasteiger partial charge in [-0.05, 0) is 70.5 Å². The van der Waals surface area contributed by atoms with Gasteiger partial charge in [0.2, 0.25) is 0 Å². The average Bonchev–Trinajstić information content (AvgIpc) is 3.81. The van der Waals surface area contributed by atoms with E-state index in [1.165, 1.54) is 10.5 Å². The number of benzene rings is 5. The summed E-state index contributed by atoms with van der Waals surface area (Å²) in [5.41, 5.74) is 7.79. The van der Waals surface area contributed by atoms with E-state index in [0.29, 0.717) is 17.2 Å². The molecule has 1 aliphatic rings. The second kappa shape index (κ2) is 11.1. The summed E-state index contributed by atoms with van der Waals surface area (Å²) in [6.45, 7) is 11.0. The lowest BCUT2D eigenvalue weighted by Gasteiger charge is -2.25. The van der Waals surface area contributed by atoms with Crippen LogP contribution in [0, 0.1) is 0 Å². The lowest BCUT2D eigenvalue weighted by Crippen LogP contribution is -2.24. The molecule has 9 rings (SSSR count). The molecule has 0 saturated carbocycles. The zero-order valence-electron chi connectivity index (χ0n) is 32.8. The highest BCUT2D eigenvalue weighted by atomic mass is 16.5. The van der Waals surface area contributed by atoms with Crippen LogP contribution in [0.3, 0.4) is 0 Å². The molecule has 6 heteroatoms. The lowest BCUT2D eigenvalue weighted by molar-refractivity contribution is 0.484. The maximum Gasteiger partial charge on any atom is 0.149 e. The third kappa shape index (κ3) is 5.04. The number of anilines is 3. The molecule has 51 heavy (non-hydrogen) atoms. The number of furan rings is 1. The van der Waals surface area contributed by atoms with Crippen LogP contribution in [0.5, 0.6) is 11.5 Å². The quantitative estimate of drug-likeness (QED) is 0.186. The van der Waals surface area contributed by atoms with Gasteiger partial charge in [0.05, 0.1) is 39.8 Å². The maximum absolute atomic E-state index is 8.29. The molecular formula is C45H42N4O2. The molecule has 0 saturated heterocycles. The van der Waals surface area contributed by atoms with Crippen LogP contribution in [0.15, 0.2) is 120 Å². The first-order valence-electron chi connectivity index (χ1n) is 19.0. The predicted molar refractivity (Wildman–Crippen MR) is 212 cm³/mol. The van der Waals surface area contributed by atoms with Gasteiger partial charge in [0.15, 0.2) is 0 Å². The standard InChI is InChI=1S/C45H42N4O2/c1-44(2,3)28-20-21-46-40(24-28)49-34-16-10-8-14-32(34)41-37(49)26-39(42-33-15-9-13-19-38(33)51-43(41)42)50-31-23-29(45(4,5)6)22-30(25-31)48-27-47(7)35-17-11-12-18-36(35)48/h8-26H,27H2,1-7H3/i7D3. The third-order valence-electron chi connectivity index (χ3n) is 10.1. The normalized spacial score (nSPS) is 14.7. The van der Waals surface area contributed by atoms with Crippen molar-refractivity contribution in [2.45, 2.75) is 52.4 Å². The van der Waals surface area contributed by atoms with Crippen molar-refractivity contribution in [2.24, 2.45) is 0 Å². The number of aromatic nitrogens is 2. The Kier molecular flexibility index (Phi) is 6.11. The molecule has 0 spiro atoms. The summed E-state index contributed by atoms with van der Waals surface area (Å²) >= 11 is 0. The Morgan fingerprint density at radius 2 is 1.43 bits per heavy atom. The van der Waals surface area contributed by atoms with Gasteiger partial charge >= 0.3 is 0 Å². The first kappa shape index (κ1) is 28.0. The second-order valence-corrected chi connectivity index (χ2v) is 15.6. The molecule has 5 aromatic carbocycles. The summed E-state index contributed by atoms with van der Waals surface area (Å²) < 4.78 is 41.0. The Balaban J connectivity index is 1.29. The smallest absolute Gasteiger partial charge is 0.149 e. The fourth-order valence-electron chi connectivity index (χ4n) is 7.43. The van der Waals surface area contributed by atoms with Gasteiger partial charge in [0.1, 0.15) is 28.5 Å². The van der Waals surface area contributed by atoms with Crippen LogP contribution in [0.25, 0.3) is 49.6 Å². The highest BCUT2D eigenvalue weighted by Crippen LogP contribution is 2.48. The zero-order chi connectivity index (χ0) is 37.7. The number of ether oxygens (including phenoxy) is 1. The van der Waals surface area contributed by atoms with Crippen LogP contribution in [0.2, 0.25) is 0 Å². The van der Waals surface area contributed by atoms with Crippen molar-refractivity contribution in [3.8, 4) is 17.3 Å². The van der Waals surface area contributed by atoms with E-state index in [2.05, 4.69) is 112 Å². The molecule has 0 aliphatic carbocycles. The van der Waals surface area contributed by atoms with Crippen LogP contribution < -0.4 is 14.5 Å². The van der Waals surface area contributed by atoms with Gasteiger partial charge in [-0.3, -0.25) is 4.57 Å². The van der Waals surface area contributed by atoms with E-state index < -0.39 is 6.98 Å². The van der Waals surface area contributed by atoms with Gasteiger partial charge in [-0.1, -0.05) is 90.1 Å². The summed E-state index contributed by atoms with van der Waals surface area (Å²) in [5.74, 6) is 2.11. The van der Waals surface area contributed by atoms with Crippen molar-refractivity contribution in [1.82, 2.24) is 9.55 Å². The van der Waals surface area contributed by atoms with Crippen molar-refractivity contribution in [1.29, 1.82) is 0 Å². The number of hydrogen-bond acceptors (Lipinski definition) is 5. The van der Waals surface area contributed by atoms with E-state index in [-0.39, 0.29) is 17.5 Å². The van der Waals surface area contributed by atoms with Crippen LogP contribution in [0.1, 0.15) is 56.8 Å². The molecule has 0 bridgehead atoms. The Morgan fingerprint density at radius 1 is 0.706 bits per heavy atom. The predicted octanol–water partition coefficient (Wildman–Crippen LogP) is 12.0. The van der Waals surface area contributed by atoms with E-state index >= 15 is 0 Å². The second-order valence-electron chi connectivity index (χ2n) is 15.6. The monoisotopic (exact) mass is 673 g/mol. The van der Waals surface area contributed by atoms with Crippen molar-refractivity contribution in [3.63, 3.8) is 0 Å². The fraction of sp³-hybridized carbons (Fsp3) is 0.222. The molecule has 0 amide bonds. The molecule has 0 unspecified atom stereocenters. The summed E-state index contributed by atoms with van der Waals surface area (Å²) in [6, 6.07) is 36.8. The highest BCUT2D eigenvalue weighted by Gasteiger charge is 2.28. The topological polar surface area (TPSA) is 46.7 Å². The van der Waals surface area contributed by atoms with Crippen molar-refractivity contribution < 1.29 is 13.3 Å². The van der Waals surface area contributed by atoms with Crippen LogP contribution in [0.4, 0.5) is 17.1 Å². The van der Waals surface area contributed by atoms with Crippen molar-refractivity contribution >= 4 is 60.8 Å². The molecule has 254 valence electrons. The van der Waals surface area contributed by atoms with Crippen LogP contribution in [-0.2, 0) is 10.8 Å². The largest absolute Gasteiger partial charge is 0.456 e. The van der Waals surface area contributed by atoms with Crippen LogP contribution >= 0.6 is 0 Å². The highest BCUT2D eigenvalue weighted by molar-refractivity contribution is 6.25. The number of rotatable bonds is 4. The molecule has 8 aromatic rings. The van der Waals surface area contributed by atoms with Crippen molar-refractivity contribution in [2.75, 3.05) is 23.4 Å². The first-order chi connectivity index (χ1) is 25.7. The Labute approximate surface area is 302 Å². The van der Waals surface area contributed by atoms with Crippen molar-refractivity contribution in [3.05, 3.63) is 127 Å². The van der Waals surface area contributed by atoms with E-state index in [1.54, 1.807) is 0 Å². The van der Waals surface area contributed by atoms with Gasteiger partial charge in [0, 0.05) is 45.9 Å². The molecular weight excluding hydrogens is 629 g/mol. The summed E-state index contributed by atoms with van der Waals surface area (Å²) in [5, 5.41) is 3.91. The molecule has 0 N–H and O–H groups in total. The molecule has 4 heterocycles. The Hall–Kier alpha value is -5.75. The minimum absolute atomic E-state index is 0.0666. The molecule has 1 aliphatic heterocycles. The fourth-order valence-corrected chi connectivity index (χ4v) is 7.43. The first-order valence-corrected chi connectivity index (χ1v) is 17.5. The molecule has 0 radical (unpaired) electrons. The number of hydrogen-bond donors (Lipinski definition) is 0. The van der Waals surface area contributed by atoms with E-state index in [9.17, 15) is 0 Å². The van der Waals surface area contributed by atoms with E-state index in [0.717, 1.165) is 66.5 Å². The van der Waals surface area contributed by atoms with Crippen LogP contribution in [-0.4, -0.2) is 23.2 Å². The summed E-state index contributed by atoms with van der Waals surface area (Å²) in [6.07, 6.45) is 1.89. The van der Waals surface area contributed by atoms with Gasteiger partial charge in [-0.2, -0.15) is 0 Å². The Bertz CT molecular complexity index is 2770. The summed E-state index contributed by atoms with van der Waals surface area (Å²) in [4.78, 5) is 8.44. The minimum atomic E-state index is -2.30. The average molecular weight is 674 g/mol. The SMILES string of the molecule is [2H]C([2H])([2H])N1CN(c2cc(Oc3cc4c(c5ccccc5n4-c4cc(C(C)(C)C)ccn4)c4oc5ccccc5c34)cc(C(C)(C)C)c2)c2ccccc21. The number of nitrogens with zero attached hydrogens (tertiary/aromatic N) is 4. The van der Waals surface area contributed by atoms with Gasteiger partial charge in [-0.25, -0.2) is 4.98 Å².